The maximum Gasteiger partial charge on any atom is 0.163 e. The van der Waals surface area contributed by atoms with Gasteiger partial charge >= 0.3 is 0 Å². The lowest BCUT2D eigenvalue weighted by Gasteiger charge is -2.23. The van der Waals surface area contributed by atoms with Crippen LogP contribution in [0.2, 0.25) is 0 Å². The van der Waals surface area contributed by atoms with Crippen LogP contribution in [-0.4, -0.2) is 41.3 Å². The molecule has 148 valence electrons. The molecule has 29 heavy (non-hydrogen) atoms. The highest BCUT2D eigenvalue weighted by Gasteiger charge is 2.19. The maximum absolute atomic E-state index is 12.9. The van der Waals surface area contributed by atoms with E-state index in [1.165, 1.54) is 11.3 Å². The molecule has 0 spiro atoms. The Balaban J connectivity index is 1.51. The van der Waals surface area contributed by atoms with Crippen LogP contribution in [0.4, 0.5) is 5.69 Å². The van der Waals surface area contributed by atoms with E-state index in [4.69, 9.17) is 0 Å². The van der Waals surface area contributed by atoms with E-state index in [2.05, 4.69) is 39.5 Å². The molecular weight excluding hydrogens is 360 g/mol. The van der Waals surface area contributed by atoms with Crippen molar-refractivity contribution in [1.29, 1.82) is 0 Å². The lowest BCUT2D eigenvalue weighted by Crippen LogP contribution is -2.27. The number of allylic oxidation sites excluding steroid dienone is 1. The first kappa shape index (κ1) is 18.1. The molecule has 2 aromatic heterocycles. The van der Waals surface area contributed by atoms with Crippen LogP contribution in [0.25, 0.3) is 17.3 Å². The molecule has 0 atom stereocenters. The number of nitrogens with one attached hydrogen (secondary N) is 1. The number of carbonyl (C=O) groups excluding carboxylic acids is 1. The summed E-state index contributed by atoms with van der Waals surface area (Å²) in [5.41, 5.74) is 7.33. The van der Waals surface area contributed by atoms with Gasteiger partial charge in [0.05, 0.1) is 5.69 Å². The number of aryl methyl sites for hydroxylation is 2. The van der Waals surface area contributed by atoms with Crippen LogP contribution in [0.3, 0.4) is 0 Å². The Labute approximate surface area is 171 Å². The van der Waals surface area contributed by atoms with Gasteiger partial charge in [-0.05, 0) is 67.8 Å². The Bertz CT molecular complexity index is 1100. The topological polar surface area (TPSA) is 49.6 Å². The molecule has 5 nitrogen and oxygen atoms in total. The van der Waals surface area contributed by atoms with Crippen molar-refractivity contribution >= 4 is 28.8 Å². The summed E-state index contributed by atoms with van der Waals surface area (Å²) in [4.78, 5) is 19.9. The number of pyridine rings is 1. The zero-order chi connectivity index (χ0) is 19.8. The third-order valence-corrected chi connectivity index (χ3v) is 5.94. The van der Waals surface area contributed by atoms with Gasteiger partial charge in [-0.2, -0.15) is 0 Å². The van der Waals surface area contributed by atoms with Gasteiger partial charge in [0.25, 0.3) is 0 Å². The molecule has 0 amide bonds. The lowest BCUT2D eigenvalue weighted by atomic mass is 10.0. The van der Waals surface area contributed by atoms with Gasteiger partial charge < -0.3 is 14.6 Å². The van der Waals surface area contributed by atoms with Crippen molar-refractivity contribution in [2.45, 2.75) is 26.2 Å². The monoisotopic (exact) mass is 386 g/mol. The number of carbonyl (C=O) groups is 1. The fourth-order valence-corrected chi connectivity index (χ4v) is 4.39. The van der Waals surface area contributed by atoms with Crippen molar-refractivity contribution in [3.63, 3.8) is 0 Å². The number of anilines is 1. The third-order valence-electron chi connectivity index (χ3n) is 5.94. The highest BCUT2D eigenvalue weighted by molar-refractivity contribution is 6.25. The van der Waals surface area contributed by atoms with E-state index in [9.17, 15) is 4.79 Å². The number of hydrogen-bond acceptors (Lipinski definition) is 4. The van der Waals surface area contributed by atoms with Crippen molar-refractivity contribution < 1.29 is 4.79 Å². The SMILES string of the molecule is Cc1cn2cc(C3=Cc4ccc(N5CCCNCC5)cc4CCC3=O)ccc2n1. The van der Waals surface area contributed by atoms with Crippen molar-refractivity contribution in [1.82, 2.24) is 14.7 Å². The number of benzene rings is 1. The quantitative estimate of drug-likeness (QED) is 0.732. The van der Waals surface area contributed by atoms with Gasteiger partial charge in [0.15, 0.2) is 5.78 Å². The standard InChI is InChI=1S/C24H26N4O/c1-17-15-28-16-20(5-8-24(28)26-17)22-14-19-3-6-21(13-18(19)4-7-23(22)29)27-11-2-9-25-10-12-27/h3,5-6,8,13-16,25H,2,4,7,9-12H2,1H3. The van der Waals surface area contributed by atoms with Crippen molar-refractivity contribution in [3.8, 4) is 0 Å². The first-order valence-corrected chi connectivity index (χ1v) is 10.5. The summed E-state index contributed by atoms with van der Waals surface area (Å²) in [5.74, 6) is 0.206. The number of aromatic nitrogens is 2. The molecule has 1 aliphatic carbocycles. The van der Waals surface area contributed by atoms with E-state index in [1.807, 2.05) is 35.9 Å². The number of Topliss-reactive ketones (excluding diaryl/α,β-unsaturated/α-hetero) is 1. The molecule has 5 rings (SSSR count). The first-order chi connectivity index (χ1) is 14.2. The first-order valence-electron chi connectivity index (χ1n) is 10.5. The number of rotatable bonds is 2. The number of hydrogen-bond donors (Lipinski definition) is 1. The van der Waals surface area contributed by atoms with Crippen LogP contribution < -0.4 is 10.2 Å². The summed E-state index contributed by atoms with van der Waals surface area (Å²) in [5, 5.41) is 3.46. The van der Waals surface area contributed by atoms with Crippen LogP contribution in [-0.2, 0) is 11.2 Å². The summed E-state index contributed by atoms with van der Waals surface area (Å²) < 4.78 is 2.00. The van der Waals surface area contributed by atoms with Crippen LogP contribution in [0, 0.1) is 6.92 Å². The average Bonchev–Trinajstić information content (AvgIpc) is 2.89. The Morgan fingerprint density at radius 2 is 1.97 bits per heavy atom. The molecule has 0 bridgehead atoms. The predicted molar refractivity (Wildman–Crippen MR) is 117 cm³/mol. The van der Waals surface area contributed by atoms with Crippen LogP contribution in [0.5, 0.6) is 0 Å². The maximum atomic E-state index is 12.9. The fraction of sp³-hybridized carbons (Fsp3) is 0.333. The second kappa shape index (κ2) is 7.48. The van der Waals surface area contributed by atoms with E-state index in [1.54, 1.807) is 0 Å². The summed E-state index contributed by atoms with van der Waals surface area (Å²) >= 11 is 0. The molecule has 0 unspecified atom stereocenters. The Kier molecular flexibility index (Phi) is 4.68. The largest absolute Gasteiger partial charge is 0.370 e. The summed E-state index contributed by atoms with van der Waals surface area (Å²) in [6.45, 7) is 6.20. The van der Waals surface area contributed by atoms with E-state index in [0.717, 1.165) is 67.1 Å². The summed E-state index contributed by atoms with van der Waals surface area (Å²) in [6.07, 6.45) is 8.59. The van der Waals surface area contributed by atoms with Crippen LogP contribution >= 0.6 is 0 Å². The van der Waals surface area contributed by atoms with Crippen molar-refractivity contribution in [2.24, 2.45) is 0 Å². The van der Waals surface area contributed by atoms with Gasteiger partial charge in [-0.25, -0.2) is 4.98 Å². The molecule has 0 saturated carbocycles. The number of ketones is 1. The van der Waals surface area contributed by atoms with E-state index in [-0.39, 0.29) is 5.78 Å². The third kappa shape index (κ3) is 3.58. The summed E-state index contributed by atoms with van der Waals surface area (Å²) in [7, 11) is 0. The molecule has 1 N–H and O–H groups in total. The van der Waals surface area contributed by atoms with Crippen LogP contribution in [0.15, 0.2) is 42.7 Å². The molecule has 3 aromatic rings. The minimum atomic E-state index is 0.206. The molecule has 1 saturated heterocycles. The van der Waals surface area contributed by atoms with Gasteiger partial charge in [0.2, 0.25) is 0 Å². The van der Waals surface area contributed by atoms with Gasteiger partial charge in [0, 0.05) is 55.3 Å². The lowest BCUT2D eigenvalue weighted by molar-refractivity contribution is -0.113. The second-order valence-electron chi connectivity index (χ2n) is 8.02. The number of nitrogens with zero attached hydrogens (tertiary/aromatic N) is 3. The number of fused-ring (bicyclic) bond motifs is 2. The Hall–Kier alpha value is -2.92. The highest BCUT2D eigenvalue weighted by Crippen LogP contribution is 2.30. The zero-order valence-corrected chi connectivity index (χ0v) is 16.8. The minimum absolute atomic E-state index is 0.206. The second-order valence-corrected chi connectivity index (χ2v) is 8.02. The summed E-state index contributed by atoms with van der Waals surface area (Å²) in [6, 6.07) is 10.7. The fourth-order valence-electron chi connectivity index (χ4n) is 4.39. The molecule has 5 heteroatoms. The minimum Gasteiger partial charge on any atom is -0.370 e. The molecular formula is C24H26N4O. The molecule has 2 aliphatic rings. The number of imidazole rings is 1. The highest BCUT2D eigenvalue weighted by atomic mass is 16.1. The van der Waals surface area contributed by atoms with Gasteiger partial charge in [-0.3, -0.25) is 4.79 Å². The van der Waals surface area contributed by atoms with Crippen LogP contribution in [0.1, 0.15) is 35.2 Å². The van der Waals surface area contributed by atoms with Gasteiger partial charge in [-0.1, -0.05) is 6.07 Å². The van der Waals surface area contributed by atoms with Gasteiger partial charge in [-0.15, -0.1) is 0 Å². The molecule has 3 heterocycles. The Morgan fingerprint density at radius 3 is 2.90 bits per heavy atom. The van der Waals surface area contributed by atoms with Gasteiger partial charge in [0.1, 0.15) is 5.65 Å². The normalized spacial score (nSPS) is 17.6. The van der Waals surface area contributed by atoms with E-state index >= 15 is 0 Å². The molecule has 1 aromatic carbocycles. The molecule has 0 radical (unpaired) electrons. The molecule has 1 fully saturated rings. The van der Waals surface area contributed by atoms with E-state index in [0.29, 0.717) is 6.42 Å². The smallest absolute Gasteiger partial charge is 0.163 e. The Morgan fingerprint density at radius 1 is 1.03 bits per heavy atom. The zero-order valence-electron chi connectivity index (χ0n) is 16.8. The predicted octanol–water partition coefficient (Wildman–Crippen LogP) is 3.50. The van der Waals surface area contributed by atoms with Crippen molar-refractivity contribution in [2.75, 3.05) is 31.1 Å². The van der Waals surface area contributed by atoms with Crippen molar-refractivity contribution in [3.05, 3.63) is 65.1 Å². The average molecular weight is 386 g/mol. The van der Waals surface area contributed by atoms with E-state index < -0.39 is 0 Å². The molecule has 1 aliphatic heterocycles.